The topological polar surface area (TPSA) is 83.1 Å². The Balaban J connectivity index is 2.31. The Morgan fingerprint density at radius 2 is 2.05 bits per heavy atom. The first-order valence-electron chi connectivity index (χ1n) is 7.03. The molecule has 1 N–H and O–H groups in total. The van der Waals surface area contributed by atoms with Crippen LogP contribution >= 0.6 is 10.7 Å². The molecule has 0 atom stereocenters. The molecule has 0 aromatic carbocycles. The molecule has 1 fully saturated rings. The van der Waals surface area contributed by atoms with Crippen LogP contribution in [-0.4, -0.2) is 42.5 Å². The number of carbonyl (C=O) groups excluding carboxylic acids is 1. The summed E-state index contributed by atoms with van der Waals surface area (Å²) in [6.07, 6.45) is 2.92. The molecule has 1 aliphatic heterocycles. The van der Waals surface area contributed by atoms with E-state index in [2.05, 4.69) is 24.0 Å². The fourth-order valence-electron chi connectivity index (χ4n) is 2.95. The second-order valence-corrected chi connectivity index (χ2v) is 8.15. The third-order valence-corrected chi connectivity index (χ3v) is 6.01. The third kappa shape index (κ3) is 2.94. The van der Waals surface area contributed by atoms with Crippen LogP contribution in [0.15, 0.2) is 4.90 Å². The summed E-state index contributed by atoms with van der Waals surface area (Å²) >= 11 is 0. The van der Waals surface area contributed by atoms with Gasteiger partial charge in [0.15, 0.2) is 5.69 Å². The predicted octanol–water partition coefficient (Wildman–Crippen LogP) is 2.30. The maximum absolute atomic E-state index is 12.6. The van der Waals surface area contributed by atoms with Gasteiger partial charge in [0.1, 0.15) is 4.90 Å². The number of hydrogen-bond donors (Lipinski definition) is 1. The van der Waals surface area contributed by atoms with E-state index in [-0.39, 0.29) is 27.6 Å². The van der Waals surface area contributed by atoms with E-state index in [0.717, 1.165) is 19.3 Å². The van der Waals surface area contributed by atoms with Crippen molar-refractivity contribution < 1.29 is 13.2 Å². The third-order valence-electron chi connectivity index (χ3n) is 4.56. The van der Waals surface area contributed by atoms with E-state index in [4.69, 9.17) is 10.7 Å². The van der Waals surface area contributed by atoms with Crippen LogP contribution in [0.1, 0.15) is 49.3 Å². The van der Waals surface area contributed by atoms with Crippen LogP contribution in [-0.2, 0) is 9.05 Å². The molecule has 0 saturated carbocycles. The van der Waals surface area contributed by atoms with E-state index in [0.29, 0.717) is 13.1 Å². The Labute approximate surface area is 129 Å². The lowest BCUT2D eigenvalue weighted by molar-refractivity contribution is 0.0760. The summed E-state index contributed by atoms with van der Waals surface area (Å²) in [4.78, 5) is 14.0. The highest BCUT2D eigenvalue weighted by Gasteiger charge is 2.39. The molecule has 0 spiro atoms. The van der Waals surface area contributed by atoms with Crippen molar-refractivity contribution in [2.75, 3.05) is 13.1 Å². The molecular weight excluding hydrogens is 314 g/mol. The van der Waals surface area contributed by atoms with E-state index < -0.39 is 9.05 Å². The van der Waals surface area contributed by atoms with Gasteiger partial charge in [-0.05, 0) is 31.6 Å². The maximum atomic E-state index is 12.6. The number of halogens is 1. The number of rotatable bonds is 4. The molecule has 21 heavy (non-hydrogen) atoms. The van der Waals surface area contributed by atoms with E-state index in [1.165, 1.54) is 6.92 Å². The molecule has 0 bridgehead atoms. The molecule has 6 nitrogen and oxygen atoms in total. The smallest absolute Gasteiger partial charge is 0.275 e. The Kier molecular flexibility index (Phi) is 4.35. The quantitative estimate of drug-likeness (QED) is 0.857. The van der Waals surface area contributed by atoms with Crippen LogP contribution in [0.25, 0.3) is 0 Å². The summed E-state index contributed by atoms with van der Waals surface area (Å²) in [5.74, 6) is -0.373. The molecule has 0 radical (unpaired) electrons. The van der Waals surface area contributed by atoms with Crippen LogP contribution in [0.4, 0.5) is 0 Å². The second kappa shape index (κ2) is 5.61. The van der Waals surface area contributed by atoms with Gasteiger partial charge >= 0.3 is 0 Å². The Morgan fingerprint density at radius 1 is 1.43 bits per heavy atom. The molecule has 1 aliphatic rings. The van der Waals surface area contributed by atoms with Crippen LogP contribution in [0.3, 0.4) is 0 Å². The number of nitrogens with zero attached hydrogens (tertiary/aromatic N) is 2. The minimum atomic E-state index is -4.00. The number of aryl methyl sites for hydroxylation is 1. The zero-order chi connectivity index (χ0) is 15.8. The number of hydrogen-bond acceptors (Lipinski definition) is 4. The van der Waals surface area contributed by atoms with Crippen molar-refractivity contribution in [2.24, 2.45) is 5.41 Å². The molecule has 2 heterocycles. The highest BCUT2D eigenvalue weighted by atomic mass is 35.7. The molecule has 1 aromatic heterocycles. The zero-order valence-corrected chi connectivity index (χ0v) is 14.0. The second-order valence-electron chi connectivity index (χ2n) is 5.65. The lowest BCUT2D eigenvalue weighted by Gasteiger charge is -2.26. The lowest BCUT2D eigenvalue weighted by Crippen LogP contribution is -2.32. The van der Waals surface area contributed by atoms with Crippen molar-refractivity contribution in [1.29, 1.82) is 0 Å². The number of likely N-dealkylation sites (tertiary alicyclic amines) is 1. The number of carbonyl (C=O) groups is 1. The Morgan fingerprint density at radius 3 is 2.52 bits per heavy atom. The van der Waals surface area contributed by atoms with Gasteiger partial charge in [-0.3, -0.25) is 9.89 Å². The van der Waals surface area contributed by atoms with Gasteiger partial charge in [0.05, 0.1) is 5.69 Å². The maximum Gasteiger partial charge on any atom is 0.275 e. The van der Waals surface area contributed by atoms with Crippen molar-refractivity contribution in [3.63, 3.8) is 0 Å². The highest BCUT2D eigenvalue weighted by Crippen LogP contribution is 2.37. The Hall–Kier alpha value is -1.08. The number of amides is 1. The van der Waals surface area contributed by atoms with E-state index in [1.54, 1.807) is 4.90 Å². The SMILES string of the molecule is CCC1(CC)CCN(C(=O)c2n[nH]c(C)c2S(=O)(=O)Cl)C1. The summed E-state index contributed by atoms with van der Waals surface area (Å²) in [5, 5.41) is 6.38. The summed E-state index contributed by atoms with van der Waals surface area (Å²) in [7, 11) is 1.41. The first kappa shape index (κ1) is 16.3. The minimum Gasteiger partial charge on any atom is -0.337 e. The van der Waals surface area contributed by atoms with Gasteiger partial charge in [-0.2, -0.15) is 5.10 Å². The number of nitrogens with one attached hydrogen (secondary N) is 1. The number of aromatic amines is 1. The molecular formula is C13H20ClN3O3S. The minimum absolute atomic E-state index is 0.106. The average molecular weight is 334 g/mol. The van der Waals surface area contributed by atoms with Gasteiger partial charge in [0, 0.05) is 23.8 Å². The van der Waals surface area contributed by atoms with Crippen molar-refractivity contribution in [3.8, 4) is 0 Å². The van der Waals surface area contributed by atoms with Gasteiger partial charge < -0.3 is 4.90 Å². The monoisotopic (exact) mass is 333 g/mol. The summed E-state index contributed by atoms with van der Waals surface area (Å²) in [6.45, 7) is 7.02. The average Bonchev–Trinajstić information content (AvgIpc) is 3.01. The van der Waals surface area contributed by atoms with Crippen molar-refractivity contribution in [1.82, 2.24) is 15.1 Å². The van der Waals surface area contributed by atoms with Gasteiger partial charge in [0.25, 0.3) is 15.0 Å². The van der Waals surface area contributed by atoms with Crippen molar-refractivity contribution in [2.45, 2.75) is 44.9 Å². The van der Waals surface area contributed by atoms with Gasteiger partial charge in [0.2, 0.25) is 0 Å². The normalized spacial score (nSPS) is 18.2. The first-order valence-corrected chi connectivity index (χ1v) is 9.34. The lowest BCUT2D eigenvalue weighted by atomic mass is 9.82. The van der Waals surface area contributed by atoms with E-state index in [9.17, 15) is 13.2 Å². The molecule has 2 rings (SSSR count). The summed E-state index contributed by atoms with van der Waals surface area (Å²) in [6, 6.07) is 0. The van der Waals surface area contributed by atoms with Crippen LogP contribution in [0.5, 0.6) is 0 Å². The molecule has 118 valence electrons. The fourth-order valence-corrected chi connectivity index (χ4v) is 4.29. The van der Waals surface area contributed by atoms with Gasteiger partial charge in [-0.25, -0.2) is 8.42 Å². The van der Waals surface area contributed by atoms with Crippen LogP contribution in [0.2, 0.25) is 0 Å². The predicted molar refractivity (Wildman–Crippen MR) is 79.9 cm³/mol. The van der Waals surface area contributed by atoms with Crippen molar-refractivity contribution in [3.05, 3.63) is 11.4 Å². The van der Waals surface area contributed by atoms with E-state index in [1.807, 2.05) is 0 Å². The summed E-state index contributed by atoms with van der Waals surface area (Å²) < 4.78 is 23.3. The number of aromatic nitrogens is 2. The van der Waals surface area contributed by atoms with Crippen LogP contribution in [0, 0.1) is 12.3 Å². The molecule has 1 amide bonds. The highest BCUT2D eigenvalue weighted by molar-refractivity contribution is 8.13. The summed E-state index contributed by atoms with van der Waals surface area (Å²) in [5.41, 5.74) is 0.302. The molecule has 1 aromatic rings. The molecule has 0 unspecified atom stereocenters. The van der Waals surface area contributed by atoms with E-state index >= 15 is 0 Å². The van der Waals surface area contributed by atoms with Crippen molar-refractivity contribution >= 4 is 25.6 Å². The molecule has 1 saturated heterocycles. The Bertz CT molecular complexity index is 650. The first-order chi connectivity index (χ1) is 9.74. The largest absolute Gasteiger partial charge is 0.337 e. The van der Waals surface area contributed by atoms with Gasteiger partial charge in [-0.1, -0.05) is 13.8 Å². The molecule has 0 aliphatic carbocycles. The number of H-pyrrole nitrogens is 1. The standard InChI is InChI=1S/C13H20ClN3O3S/c1-4-13(5-2)6-7-17(8-13)12(18)10-11(21(14,19)20)9(3)15-16-10/h4-8H2,1-3H3,(H,15,16). The molecule has 8 heteroatoms. The van der Waals surface area contributed by atoms with Gasteiger partial charge in [-0.15, -0.1) is 0 Å². The zero-order valence-electron chi connectivity index (χ0n) is 12.4. The van der Waals surface area contributed by atoms with Crippen LogP contribution < -0.4 is 0 Å². The fraction of sp³-hybridized carbons (Fsp3) is 0.692.